The number of rotatable bonds is 1. The predicted molar refractivity (Wildman–Crippen MR) is 49.0 cm³/mol. The molecule has 0 saturated carbocycles. The van der Waals surface area contributed by atoms with Gasteiger partial charge in [0.1, 0.15) is 13.3 Å². The molecule has 0 unspecified atom stereocenters. The maximum Gasteiger partial charge on any atom is 0.262 e. The quantitative estimate of drug-likeness (QED) is 0.185. The molecule has 1 aromatic rings. The predicted octanol–water partition coefficient (Wildman–Crippen LogP) is -1.24. The summed E-state index contributed by atoms with van der Waals surface area (Å²) in [5.74, 6) is 0. The fourth-order valence-electron chi connectivity index (χ4n) is 0.730. The molecule has 0 fully saturated rings. The lowest BCUT2D eigenvalue weighted by Crippen LogP contribution is -2.32. The second-order valence-corrected chi connectivity index (χ2v) is 3.45. The summed E-state index contributed by atoms with van der Waals surface area (Å²) in [6.45, 7) is 0. The van der Waals surface area contributed by atoms with Crippen LogP contribution in [0.2, 0.25) is 0 Å². The van der Waals surface area contributed by atoms with Crippen LogP contribution in [-0.4, -0.2) is 21.2 Å². The van der Waals surface area contributed by atoms with E-state index in [9.17, 15) is 0 Å². The van der Waals surface area contributed by atoms with E-state index in [1.54, 1.807) is 0 Å². The van der Waals surface area contributed by atoms with Crippen molar-refractivity contribution in [1.82, 2.24) is 0 Å². The number of oxime groups is 1. The third-order valence-corrected chi connectivity index (χ3v) is 1.29. The molecule has 0 atom stereocenters. The number of aryl methyl sites for hydroxylation is 1. The Hall–Kier alpha value is -1.27. The van der Waals surface area contributed by atoms with Gasteiger partial charge in [0.15, 0.2) is 6.20 Å². The largest absolute Gasteiger partial charge is 0.756 e. The van der Waals surface area contributed by atoms with Gasteiger partial charge < -0.3 is 19.9 Å². The number of nitrogens with zero attached hydrogens (tertiary/aromatic N) is 2. The molecule has 8 heteroatoms. The number of phosphoric acid groups is 1. The smallest absolute Gasteiger partial charge is 0.262 e. The van der Waals surface area contributed by atoms with Gasteiger partial charge in [-0.3, -0.25) is 4.57 Å². The Morgan fingerprint density at radius 1 is 1.53 bits per heavy atom. The molecule has 0 saturated heterocycles. The summed E-state index contributed by atoms with van der Waals surface area (Å²) in [7, 11) is -3.00. The number of hydrogen-bond acceptors (Lipinski definition) is 4. The minimum atomic E-state index is -4.89. The van der Waals surface area contributed by atoms with E-state index in [4.69, 9.17) is 24.5 Å². The lowest BCUT2D eigenvalue weighted by Gasteiger charge is -2.01. The average Bonchev–Trinajstić information content (AvgIpc) is 2.06. The highest BCUT2D eigenvalue weighted by molar-refractivity contribution is 7.43. The molecule has 7 nitrogen and oxygen atoms in total. The van der Waals surface area contributed by atoms with Crippen molar-refractivity contribution in [3.05, 3.63) is 30.1 Å². The van der Waals surface area contributed by atoms with E-state index in [0.29, 0.717) is 0 Å². The molecular weight excluding hydrogens is 223 g/mol. The van der Waals surface area contributed by atoms with Crippen LogP contribution in [0.15, 0.2) is 29.6 Å². The van der Waals surface area contributed by atoms with Gasteiger partial charge in [0.05, 0.1) is 0 Å². The summed E-state index contributed by atoms with van der Waals surface area (Å²) in [5.41, 5.74) is 0.866. The maximum absolute atomic E-state index is 8.77. The molecule has 0 spiro atoms. The maximum atomic E-state index is 8.77. The Balaban J connectivity index is 0.000000336. The van der Waals surface area contributed by atoms with Crippen molar-refractivity contribution in [3.63, 3.8) is 0 Å². The van der Waals surface area contributed by atoms with Gasteiger partial charge in [-0.05, 0) is 6.07 Å². The first-order chi connectivity index (χ1) is 6.84. The van der Waals surface area contributed by atoms with Crippen molar-refractivity contribution in [1.29, 1.82) is 0 Å². The van der Waals surface area contributed by atoms with E-state index in [2.05, 4.69) is 5.16 Å². The SMILES string of the molecule is C[n+]1ccccc1/C=N\O.O=P([O-])(O)O. The molecule has 0 aromatic carbocycles. The lowest BCUT2D eigenvalue weighted by molar-refractivity contribution is -0.672. The minimum absolute atomic E-state index is 0.866. The first kappa shape index (κ1) is 13.7. The Morgan fingerprint density at radius 2 is 2.07 bits per heavy atom. The van der Waals surface area contributed by atoms with Crippen molar-refractivity contribution in [2.75, 3.05) is 0 Å². The standard InChI is InChI=1S/C7H8N2O.H3O4P/c1-9-5-3-2-4-7(9)6-8-10;1-5(2,3)4/h2-6H,1H3;(H3,1,2,3,4). The van der Waals surface area contributed by atoms with Gasteiger partial charge in [0, 0.05) is 12.1 Å². The third kappa shape index (κ3) is 9.04. The summed E-state index contributed by atoms with van der Waals surface area (Å²) >= 11 is 0. The second kappa shape index (κ2) is 6.26. The van der Waals surface area contributed by atoms with Crippen LogP contribution < -0.4 is 9.46 Å². The van der Waals surface area contributed by atoms with E-state index in [1.165, 1.54) is 6.21 Å². The average molecular weight is 234 g/mol. The molecule has 0 amide bonds. The van der Waals surface area contributed by atoms with Gasteiger partial charge in [0.25, 0.3) is 7.82 Å². The van der Waals surface area contributed by atoms with Gasteiger partial charge in [-0.25, -0.2) is 4.57 Å². The van der Waals surface area contributed by atoms with Crippen molar-refractivity contribution in [3.8, 4) is 0 Å². The molecule has 0 radical (unpaired) electrons. The Bertz CT molecular complexity index is 367. The molecule has 1 aromatic heterocycles. The normalized spacial score (nSPS) is 10.9. The first-order valence-corrected chi connectivity index (χ1v) is 5.26. The molecule has 84 valence electrons. The van der Waals surface area contributed by atoms with Crippen LogP contribution >= 0.6 is 7.82 Å². The van der Waals surface area contributed by atoms with Gasteiger partial charge >= 0.3 is 0 Å². The molecule has 0 aliphatic heterocycles. The zero-order valence-corrected chi connectivity index (χ0v) is 8.78. The van der Waals surface area contributed by atoms with Crippen LogP contribution in [-0.2, 0) is 11.6 Å². The van der Waals surface area contributed by atoms with Crippen LogP contribution in [0, 0.1) is 0 Å². The van der Waals surface area contributed by atoms with Crippen molar-refractivity contribution < 1.29 is 29.0 Å². The van der Waals surface area contributed by atoms with Gasteiger partial charge in [-0.1, -0.05) is 5.16 Å². The summed E-state index contributed by atoms with van der Waals surface area (Å²) in [5, 5.41) is 11.1. The van der Waals surface area contributed by atoms with Gasteiger partial charge in [-0.2, -0.15) is 0 Å². The van der Waals surface area contributed by atoms with Crippen molar-refractivity contribution in [2.45, 2.75) is 0 Å². The summed E-state index contributed by atoms with van der Waals surface area (Å²) in [6.07, 6.45) is 3.27. The molecule has 1 rings (SSSR count). The first-order valence-electron chi connectivity index (χ1n) is 3.73. The summed E-state index contributed by atoms with van der Waals surface area (Å²) < 4.78 is 10.6. The van der Waals surface area contributed by atoms with Crippen LogP contribution in [0.25, 0.3) is 0 Å². The topological polar surface area (TPSA) is 117 Å². The fourth-order valence-corrected chi connectivity index (χ4v) is 0.730. The molecule has 0 aliphatic rings. The molecule has 1 heterocycles. The zero-order valence-electron chi connectivity index (χ0n) is 7.89. The second-order valence-electron chi connectivity index (χ2n) is 2.47. The third-order valence-electron chi connectivity index (χ3n) is 1.29. The Morgan fingerprint density at radius 3 is 2.47 bits per heavy atom. The van der Waals surface area contributed by atoms with Gasteiger partial charge in [-0.15, -0.1) is 0 Å². The molecular formula is C7H11N2O5P. The highest BCUT2D eigenvalue weighted by atomic mass is 31.2. The zero-order chi connectivity index (χ0) is 11.9. The van der Waals surface area contributed by atoms with E-state index in [1.807, 2.05) is 36.0 Å². The van der Waals surface area contributed by atoms with Crippen molar-refractivity contribution in [2.24, 2.45) is 12.2 Å². The monoisotopic (exact) mass is 234 g/mol. The highest BCUT2D eigenvalue weighted by Gasteiger charge is 1.98. The number of aromatic nitrogens is 1. The summed E-state index contributed by atoms with van der Waals surface area (Å²) in [4.78, 5) is 22.9. The van der Waals surface area contributed by atoms with E-state index in [0.717, 1.165) is 5.69 Å². The van der Waals surface area contributed by atoms with Gasteiger partial charge in [0.2, 0.25) is 5.69 Å². The Labute approximate surface area is 86.2 Å². The van der Waals surface area contributed by atoms with Crippen LogP contribution in [0.5, 0.6) is 0 Å². The lowest BCUT2D eigenvalue weighted by atomic mass is 10.4. The van der Waals surface area contributed by atoms with E-state index < -0.39 is 7.82 Å². The highest BCUT2D eigenvalue weighted by Crippen LogP contribution is 2.18. The van der Waals surface area contributed by atoms with E-state index >= 15 is 0 Å². The summed E-state index contributed by atoms with van der Waals surface area (Å²) in [6, 6.07) is 5.66. The van der Waals surface area contributed by atoms with Crippen LogP contribution in [0.1, 0.15) is 5.69 Å². The van der Waals surface area contributed by atoms with E-state index in [-0.39, 0.29) is 0 Å². The molecule has 15 heavy (non-hydrogen) atoms. The van der Waals surface area contributed by atoms with Crippen molar-refractivity contribution >= 4 is 14.0 Å². The number of hydrogen-bond donors (Lipinski definition) is 3. The fraction of sp³-hybridized carbons (Fsp3) is 0.143. The molecule has 0 bridgehead atoms. The Kier molecular flexibility index (Phi) is 5.73. The molecule has 3 N–H and O–H groups in total. The minimum Gasteiger partial charge on any atom is -0.756 e. The molecule has 0 aliphatic carbocycles. The van der Waals surface area contributed by atoms with Crippen LogP contribution in [0.3, 0.4) is 0 Å². The number of pyridine rings is 1. The van der Waals surface area contributed by atoms with Crippen LogP contribution in [0.4, 0.5) is 0 Å².